The van der Waals surface area contributed by atoms with E-state index in [0.29, 0.717) is 0 Å². The quantitative estimate of drug-likeness (QED) is 0.450. The van der Waals surface area contributed by atoms with Gasteiger partial charge in [-0.2, -0.15) is 13.2 Å². The molecule has 0 saturated carbocycles. The molecule has 0 amide bonds. The predicted molar refractivity (Wildman–Crippen MR) is 31.4 cm³/mol. The molecule has 0 aromatic heterocycles. The second-order valence-electron chi connectivity index (χ2n) is 2.13. The van der Waals surface area contributed by atoms with E-state index in [1.807, 2.05) is 0 Å². The molecule has 0 fully saturated rings. The number of alkyl halides is 3. The third-order valence-electron chi connectivity index (χ3n) is 0.971. The number of aliphatic carboxylic acids is 1. The fraction of sp³-hybridized carbons (Fsp3) is 0.500. The number of hydrogen-bond donors (Lipinski definition) is 0. The van der Waals surface area contributed by atoms with Crippen LogP contribution in [0.5, 0.6) is 0 Å². The molecule has 0 radical (unpaired) electrons. The van der Waals surface area contributed by atoms with Crippen LogP contribution in [-0.2, 0) is 19.1 Å². The van der Waals surface area contributed by atoms with E-state index in [4.69, 9.17) is 0 Å². The lowest BCUT2D eigenvalue weighted by Crippen LogP contribution is -2.29. The first-order valence-electron chi connectivity index (χ1n) is 3.25. The van der Waals surface area contributed by atoms with Crippen LogP contribution in [-0.4, -0.2) is 24.1 Å². The van der Waals surface area contributed by atoms with E-state index in [9.17, 15) is 32.7 Å². The van der Waals surface area contributed by atoms with Gasteiger partial charge in [0.1, 0.15) is 0 Å². The first-order valence-corrected chi connectivity index (χ1v) is 3.25. The van der Waals surface area contributed by atoms with Crippen molar-refractivity contribution in [2.75, 3.05) is 0 Å². The zero-order valence-electron chi connectivity index (χ0n) is 6.59. The highest BCUT2D eigenvalue weighted by Gasteiger charge is 2.42. The summed E-state index contributed by atoms with van der Waals surface area (Å²) in [5, 5.41) is 9.76. The van der Waals surface area contributed by atoms with Crippen molar-refractivity contribution < 1.29 is 37.4 Å². The van der Waals surface area contributed by atoms with Gasteiger partial charge >= 0.3 is 18.1 Å². The minimum Gasteiger partial charge on any atom is -0.550 e. The van der Waals surface area contributed by atoms with Gasteiger partial charge in [0, 0.05) is 5.97 Å². The first kappa shape index (κ1) is 12.4. The van der Waals surface area contributed by atoms with Crippen LogP contribution in [0.3, 0.4) is 0 Å². The largest absolute Gasteiger partial charge is 0.550 e. The molecule has 0 aromatic rings. The normalized spacial score (nSPS) is 10.8. The number of carboxylic acid groups (broad SMARTS) is 1. The summed E-state index contributed by atoms with van der Waals surface area (Å²) < 4.78 is 37.6. The summed E-state index contributed by atoms with van der Waals surface area (Å²) in [5.41, 5.74) is 0. The van der Waals surface area contributed by atoms with E-state index >= 15 is 0 Å². The molecule has 0 rings (SSSR count). The van der Waals surface area contributed by atoms with Gasteiger partial charge in [-0.05, 0) is 6.42 Å². The van der Waals surface area contributed by atoms with Crippen LogP contribution >= 0.6 is 0 Å². The molecule has 0 atom stereocenters. The van der Waals surface area contributed by atoms with E-state index in [0.717, 1.165) is 0 Å². The van der Waals surface area contributed by atoms with E-state index in [-0.39, 0.29) is 0 Å². The number of halogens is 3. The number of carbonyl (C=O) groups excluding carboxylic acids is 3. The van der Waals surface area contributed by atoms with Gasteiger partial charge in [-0.1, -0.05) is 0 Å². The van der Waals surface area contributed by atoms with Gasteiger partial charge in [0.15, 0.2) is 0 Å². The van der Waals surface area contributed by atoms with Gasteiger partial charge in [-0.25, -0.2) is 4.79 Å². The Labute approximate surface area is 75.5 Å². The lowest BCUT2D eigenvalue weighted by molar-refractivity contribution is -0.305. The van der Waals surface area contributed by atoms with Gasteiger partial charge < -0.3 is 14.6 Å². The number of carboxylic acids is 1. The lowest BCUT2D eigenvalue weighted by Gasteiger charge is -2.05. The summed E-state index contributed by atoms with van der Waals surface area (Å²) in [7, 11) is 0. The van der Waals surface area contributed by atoms with E-state index in [1.165, 1.54) is 0 Å². The Bertz CT molecular complexity index is 257. The molecule has 5 nitrogen and oxygen atoms in total. The topological polar surface area (TPSA) is 83.5 Å². The van der Waals surface area contributed by atoms with Crippen molar-refractivity contribution in [2.24, 2.45) is 0 Å². The maximum atomic E-state index is 11.5. The van der Waals surface area contributed by atoms with Crippen LogP contribution < -0.4 is 5.11 Å². The Morgan fingerprint density at radius 2 is 1.64 bits per heavy atom. The van der Waals surface area contributed by atoms with Crippen molar-refractivity contribution >= 4 is 17.9 Å². The summed E-state index contributed by atoms with van der Waals surface area (Å²) in [6.45, 7) is 0. The second-order valence-corrected chi connectivity index (χ2v) is 2.13. The minimum absolute atomic E-state index is 0.802. The Morgan fingerprint density at radius 3 is 2.00 bits per heavy atom. The van der Waals surface area contributed by atoms with Crippen molar-refractivity contribution in [2.45, 2.75) is 19.0 Å². The molecule has 0 bridgehead atoms. The van der Waals surface area contributed by atoms with Crippen molar-refractivity contribution in [3.05, 3.63) is 0 Å². The fourth-order valence-electron chi connectivity index (χ4n) is 0.416. The summed E-state index contributed by atoms with van der Waals surface area (Å²) in [6, 6.07) is 0. The zero-order valence-corrected chi connectivity index (χ0v) is 6.59. The number of hydrogen-bond acceptors (Lipinski definition) is 5. The molecule has 14 heavy (non-hydrogen) atoms. The third kappa shape index (κ3) is 5.12. The summed E-state index contributed by atoms with van der Waals surface area (Å²) in [5.74, 6) is -5.85. The van der Waals surface area contributed by atoms with Crippen LogP contribution in [0.4, 0.5) is 13.2 Å². The van der Waals surface area contributed by atoms with E-state index in [2.05, 4.69) is 4.74 Å². The average molecular weight is 213 g/mol. The maximum absolute atomic E-state index is 11.5. The van der Waals surface area contributed by atoms with Gasteiger partial charge in [0.25, 0.3) is 0 Å². The highest BCUT2D eigenvalue weighted by atomic mass is 19.4. The Morgan fingerprint density at radius 1 is 1.14 bits per heavy atom. The van der Waals surface area contributed by atoms with Crippen LogP contribution in [0.25, 0.3) is 0 Å². The molecule has 0 aliphatic rings. The highest BCUT2D eigenvalue weighted by Crippen LogP contribution is 2.16. The average Bonchev–Trinajstić information content (AvgIpc) is 1.99. The van der Waals surface area contributed by atoms with Crippen LogP contribution in [0.1, 0.15) is 12.8 Å². The van der Waals surface area contributed by atoms with Crippen molar-refractivity contribution in [3.63, 3.8) is 0 Å². The Kier molecular flexibility index (Phi) is 4.06. The third-order valence-corrected chi connectivity index (χ3v) is 0.971. The maximum Gasteiger partial charge on any atom is 0.491 e. The van der Waals surface area contributed by atoms with Gasteiger partial charge in [-0.3, -0.25) is 4.79 Å². The van der Waals surface area contributed by atoms with Crippen LogP contribution in [0.2, 0.25) is 0 Å². The number of rotatable bonds is 3. The van der Waals surface area contributed by atoms with Crippen molar-refractivity contribution in [1.82, 2.24) is 0 Å². The molecule has 0 aliphatic carbocycles. The highest BCUT2D eigenvalue weighted by molar-refractivity contribution is 5.89. The Balaban J connectivity index is 3.96. The standard InChI is InChI=1S/C6H5F3O5/c7-6(8,9)5(13)14-4(12)2-1-3(10)11/h1-2H2,(H,10,11)/p-1. The van der Waals surface area contributed by atoms with Gasteiger partial charge in [-0.15, -0.1) is 0 Å². The summed E-state index contributed by atoms with van der Waals surface area (Å²) >= 11 is 0. The molecular weight excluding hydrogens is 209 g/mol. The molecule has 0 aromatic carbocycles. The molecule has 0 spiro atoms. The lowest BCUT2D eigenvalue weighted by atomic mass is 10.3. The van der Waals surface area contributed by atoms with Crippen LogP contribution in [0.15, 0.2) is 0 Å². The molecule has 0 unspecified atom stereocenters. The fourth-order valence-corrected chi connectivity index (χ4v) is 0.416. The van der Waals surface area contributed by atoms with Crippen molar-refractivity contribution in [3.8, 4) is 0 Å². The number of ether oxygens (including phenoxy) is 1. The summed E-state index contributed by atoms with van der Waals surface area (Å²) in [4.78, 5) is 30.1. The van der Waals surface area contributed by atoms with Gasteiger partial charge in [0.2, 0.25) is 0 Å². The molecular formula is C6H4F3O5-. The molecule has 0 N–H and O–H groups in total. The van der Waals surface area contributed by atoms with E-state index < -0.39 is 36.9 Å². The minimum atomic E-state index is -5.27. The van der Waals surface area contributed by atoms with Crippen molar-refractivity contribution in [1.29, 1.82) is 0 Å². The zero-order chi connectivity index (χ0) is 11.4. The number of esters is 2. The number of carbonyl (C=O) groups is 3. The molecule has 80 valence electrons. The molecule has 0 aliphatic heterocycles. The SMILES string of the molecule is O=C([O-])CCC(=O)OC(=O)C(F)(F)F. The summed E-state index contributed by atoms with van der Waals surface area (Å²) in [6.07, 6.45) is -6.91. The first-order chi connectivity index (χ1) is 6.23. The van der Waals surface area contributed by atoms with Crippen LogP contribution in [0, 0.1) is 0 Å². The predicted octanol–water partition coefficient (Wildman–Crippen LogP) is -0.851. The molecule has 0 heterocycles. The second kappa shape index (κ2) is 4.58. The molecule has 0 saturated heterocycles. The van der Waals surface area contributed by atoms with E-state index in [1.54, 1.807) is 0 Å². The monoisotopic (exact) mass is 213 g/mol. The smallest absolute Gasteiger partial charge is 0.491 e. The van der Waals surface area contributed by atoms with Gasteiger partial charge in [0.05, 0.1) is 6.42 Å². The molecule has 8 heteroatoms. The Hall–Kier alpha value is -1.60.